The number of carbonyl (C=O) groups is 3. The van der Waals surface area contributed by atoms with Crippen LogP contribution in [0.3, 0.4) is 0 Å². The number of piperidine rings is 1. The number of nitrogens with zero attached hydrogens (tertiary/aromatic N) is 3. The molecular formula is C20H21F3N4O5. The fourth-order valence-electron chi connectivity index (χ4n) is 3.31. The van der Waals surface area contributed by atoms with Crippen LogP contribution in [0.15, 0.2) is 30.5 Å². The van der Waals surface area contributed by atoms with Gasteiger partial charge in [-0.1, -0.05) is 6.07 Å². The highest BCUT2D eigenvalue weighted by atomic mass is 19.4. The van der Waals surface area contributed by atoms with Crippen LogP contribution in [0.2, 0.25) is 0 Å². The SMILES string of the molecule is COc1cn(-c2cccc(C(F)(F)F)c2)nc1C(=O)OCC(=O)N1CCC(C(N)=O)CC1. The van der Waals surface area contributed by atoms with E-state index in [0.717, 1.165) is 16.8 Å². The molecule has 2 amide bonds. The lowest BCUT2D eigenvalue weighted by Gasteiger charge is -2.30. The molecule has 1 aromatic heterocycles. The number of methoxy groups -OCH3 is 1. The molecule has 0 spiro atoms. The van der Waals surface area contributed by atoms with Gasteiger partial charge in [-0.2, -0.15) is 18.3 Å². The maximum Gasteiger partial charge on any atom is 0.416 e. The molecule has 3 rings (SSSR count). The Labute approximate surface area is 180 Å². The zero-order valence-corrected chi connectivity index (χ0v) is 17.1. The highest BCUT2D eigenvalue weighted by Crippen LogP contribution is 2.31. The predicted octanol–water partition coefficient (Wildman–Crippen LogP) is 1.78. The first-order valence-corrected chi connectivity index (χ1v) is 9.65. The quantitative estimate of drug-likeness (QED) is 0.665. The van der Waals surface area contributed by atoms with Gasteiger partial charge in [-0.15, -0.1) is 0 Å². The van der Waals surface area contributed by atoms with Gasteiger partial charge in [0.15, 0.2) is 12.4 Å². The molecule has 1 fully saturated rings. The molecule has 9 nitrogen and oxygen atoms in total. The molecule has 0 radical (unpaired) electrons. The van der Waals surface area contributed by atoms with Crippen LogP contribution < -0.4 is 10.5 Å². The molecule has 2 aromatic rings. The summed E-state index contributed by atoms with van der Waals surface area (Å²) in [6.45, 7) is 0.0780. The van der Waals surface area contributed by atoms with Crippen LogP contribution in [0.4, 0.5) is 13.2 Å². The van der Waals surface area contributed by atoms with Gasteiger partial charge in [0, 0.05) is 19.0 Å². The Hall–Kier alpha value is -3.57. The summed E-state index contributed by atoms with van der Waals surface area (Å²) in [6.07, 6.45) is -2.43. The van der Waals surface area contributed by atoms with Crippen molar-refractivity contribution in [2.75, 3.05) is 26.8 Å². The number of hydrogen-bond acceptors (Lipinski definition) is 6. The number of nitrogens with two attached hydrogens (primary N) is 1. The third-order valence-corrected chi connectivity index (χ3v) is 5.11. The molecule has 12 heteroatoms. The second kappa shape index (κ2) is 9.28. The van der Waals surface area contributed by atoms with Crippen molar-refractivity contribution in [3.05, 3.63) is 41.7 Å². The third kappa shape index (κ3) is 5.18. The summed E-state index contributed by atoms with van der Waals surface area (Å²) in [6, 6.07) is 4.39. The van der Waals surface area contributed by atoms with Crippen molar-refractivity contribution in [2.45, 2.75) is 19.0 Å². The minimum atomic E-state index is -4.54. The molecule has 0 atom stereocenters. The predicted molar refractivity (Wildman–Crippen MR) is 104 cm³/mol. The summed E-state index contributed by atoms with van der Waals surface area (Å²) in [5.41, 5.74) is 4.16. The number of ether oxygens (including phenoxy) is 2. The van der Waals surface area contributed by atoms with Crippen LogP contribution in [-0.2, 0) is 20.5 Å². The number of amides is 2. The van der Waals surface area contributed by atoms with Crippen LogP contribution in [0, 0.1) is 5.92 Å². The second-order valence-corrected chi connectivity index (χ2v) is 7.17. The van der Waals surface area contributed by atoms with E-state index >= 15 is 0 Å². The van der Waals surface area contributed by atoms with E-state index in [1.807, 2.05) is 0 Å². The molecular weight excluding hydrogens is 433 g/mol. The Morgan fingerprint density at radius 1 is 1.22 bits per heavy atom. The van der Waals surface area contributed by atoms with Crippen molar-refractivity contribution in [1.29, 1.82) is 0 Å². The Morgan fingerprint density at radius 3 is 2.50 bits per heavy atom. The number of benzene rings is 1. The van der Waals surface area contributed by atoms with Crippen LogP contribution >= 0.6 is 0 Å². The van der Waals surface area contributed by atoms with Crippen LogP contribution in [0.25, 0.3) is 5.69 Å². The summed E-state index contributed by atoms with van der Waals surface area (Å²) < 4.78 is 50.1. The summed E-state index contributed by atoms with van der Waals surface area (Å²) in [7, 11) is 1.26. The van der Waals surface area contributed by atoms with E-state index in [9.17, 15) is 27.6 Å². The average molecular weight is 454 g/mol. The first-order chi connectivity index (χ1) is 15.1. The molecule has 172 valence electrons. The van der Waals surface area contributed by atoms with Crippen molar-refractivity contribution in [2.24, 2.45) is 11.7 Å². The molecule has 0 unspecified atom stereocenters. The maximum absolute atomic E-state index is 13.0. The number of likely N-dealkylation sites (tertiary alicyclic amines) is 1. The van der Waals surface area contributed by atoms with Gasteiger partial charge >= 0.3 is 12.1 Å². The molecule has 1 aliphatic rings. The van der Waals surface area contributed by atoms with E-state index in [4.69, 9.17) is 15.2 Å². The number of rotatable bonds is 6. The zero-order valence-electron chi connectivity index (χ0n) is 17.1. The fourth-order valence-corrected chi connectivity index (χ4v) is 3.31. The lowest BCUT2D eigenvalue weighted by Crippen LogP contribution is -2.43. The number of aromatic nitrogens is 2. The smallest absolute Gasteiger partial charge is 0.416 e. The zero-order chi connectivity index (χ0) is 23.5. The summed E-state index contributed by atoms with van der Waals surface area (Å²) in [5.74, 6) is -2.13. The molecule has 1 aromatic carbocycles. The molecule has 0 saturated carbocycles. The minimum Gasteiger partial charge on any atom is -0.493 e. The van der Waals surface area contributed by atoms with E-state index < -0.39 is 36.1 Å². The van der Waals surface area contributed by atoms with Gasteiger partial charge < -0.3 is 20.1 Å². The lowest BCUT2D eigenvalue weighted by atomic mass is 9.96. The van der Waals surface area contributed by atoms with Gasteiger partial charge in [0.2, 0.25) is 11.6 Å². The maximum atomic E-state index is 13.0. The number of carbonyl (C=O) groups excluding carboxylic acids is 3. The van der Waals surface area contributed by atoms with Crippen molar-refractivity contribution in [1.82, 2.24) is 14.7 Å². The average Bonchev–Trinajstić information content (AvgIpc) is 3.21. The van der Waals surface area contributed by atoms with Gasteiger partial charge in [-0.3, -0.25) is 9.59 Å². The van der Waals surface area contributed by atoms with Crippen LogP contribution in [0.1, 0.15) is 28.9 Å². The summed E-state index contributed by atoms with van der Waals surface area (Å²) in [4.78, 5) is 37.4. The molecule has 32 heavy (non-hydrogen) atoms. The molecule has 0 bridgehead atoms. The Morgan fingerprint density at radius 2 is 1.91 bits per heavy atom. The topological polar surface area (TPSA) is 117 Å². The lowest BCUT2D eigenvalue weighted by molar-refractivity contribution is -0.138. The molecule has 1 saturated heterocycles. The van der Waals surface area contributed by atoms with Gasteiger partial charge in [-0.05, 0) is 31.0 Å². The second-order valence-electron chi connectivity index (χ2n) is 7.17. The Bertz CT molecular complexity index is 1010. The van der Waals surface area contributed by atoms with E-state index in [2.05, 4.69) is 5.10 Å². The van der Waals surface area contributed by atoms with Crippen LogP contribution in [0.5, 0.6) is 5.75 Å². The molecule has 2 heterocycles. The summed E-state index contributed by atoms with van der Waals surface area (Å²) in [5, 5.41) is 3.97. The Balaban J connectivity index is 1.67. The number of esters is 1. The van der Waals surface area contributed by atoms with Gasteiger partial charge in [0.05, 0.1) is 24.6 Å². The Kier molecular flexibility index (Phi) is 6.70. The molecule has 2 N–H and O–H groups in total. The van der Waals surface area contributed by atoms with E-state index in [0.29, 0.717) is 25.9 Å². The number of hydrogen-bond donors (Lipinski definition) is 1. The van der Waals surface area contributed by atoms with Crippen molar-refractivity contribution in [3.63, 3.8) is 0 Å². The number of halogens is 3. The monoisotopic (exact) mass is 454 g/mol. The highest BCUT2D eigenvalue weighted by molar-refractivity contribution is 5.92. The normalized spacial score (nSPS) is 14.8. The van der Waals surface area contributed by atoms with E-state index in [1.165, 1.54) is 30.3 Å². The fraction of sp³-hybridized carbons (Fsp3) is 0.400. The van der Waals surface area contributed by atoms with Crippen LogP contribution in [-0.4, -0.2) is 59.3 Å². The van der Waals surface area contributed by atoms with Gasteiger partial charge in [-0.25, -0.2) is 9.48 Å². The standard InChI is InChI=1S/C20H21F3N4O5/c1-31-15-10-27(14-4-2-3-13(9-14)20(21,22)23)25-17(15)19(30)32-11-16(28)26-7-5-12(6-8-26)18(24)29/h2-4,9-10,12H,5-8,11H2,1H3,(H2,24,29). The van der Waals surface area contributed by atoms with Gasteiger partial charge in [0.25, 0.3) is 5.91 Å². The number of primary amides is 1. The van der Waals surface area contributed by atoms with E-state index in [1.54, 1.807) is 0 Å². The minimum absolute atomic E-state index is 0.0258. The van der Waals surface area contributed by atoms with E-state index in [-0.39, 0.29) is 23.0 Å². The third-order valence-electron chi connectivity index (χ3n) is 5.11. The largest absolute Gasteiger partial charge is 0.493 e. The first-order valence-electron chi connectivity index (χ1n) is 9.65. The molecule has 0 aliphatic carbocycles. The van der Waals surface area contributed by atoms with Crippen molar-refractivity contribution in [3.8, 4) is 11.4 Å². The van der Waals surface area contributed by atoms with Gasteiger partial charge in [0.1, 0.15) is 0 Å². The number of alkyl halides is 3. The van der Waals surface area contributed by atoms with Crippen molar-refractivity contribution >= 4 is 17.8 Å². The highest BCUT2D eigenvalue weighted by Gasteiger charge is 2.31. The summed E-state index contributed by atoms with van der Waals surface area (Å²) >= 11 is 0. The molecule has 1 aliphatic heterocycles. The first kappa shape index (κ1) is 23.1. The van der Waals surface area contributed by atoms with Crippen molar-refractivity contribution < 1.29 is 37.0 Å².